The smallest absolute Gasteiger partial charge is 0.338 e. The van der Waals surface area contributed by atoms with E-state index in [4.69, 9.17) is 5.73 Å². The first-order chi connectivity index (χ1) is 7.70. The highest BCUT2D eigenvalue weighted by Crippen LogP contribution is 2.27. The Balaban J connectivity index is 0.00000289. The van der Waals surface area contributed by atoms with Crippen LogP contribution in [0.2, 0.25) is 0 Å². The third kappa shape index (κ3) is 4.99. The number of nitrogens with zero attached hydrogens (tertiary/aromatic N) is 1. The molecule has 8 heteroatoms. The van der Waals surface area contributed by atoms with Crippen molar-refractivity contribution >= 4 is 18.3 Å². The van der Waals surface area contributed by atoms with Gasteiger partial charge < -0.3 is 10.6 Å². The van der Waals surface area contributed by atoms with Crippen molar-refractivity contribution in [3.8, 4) is 0 Å². The van der Waals surface area contributed by atoms with Crippen LogP contribution in [-0.4, -0.2) is 41.9 Å². The maximum atomic E-state index is 12.0. The summed E-state index contributed by atoms with van der Waals surface area (Å²) in [6.07, 6.45) is -5.13. The number of halogens is 4. The summed E-state index contributed by atoms with van der Waals surface area (Å²) < 4.78 is 40.1. The van der Waals surface area contributed by atoms with Crippen molar-refractivity contribution < 1.29 is 22.7 Å². The van der Waals surface area contributed by atoms with E-state index < -0.39 is 18.5 Å². The van der Waals surface area contributed by atoms with Crippen LogP contribution in [0.25, 0.3) is 0 Å². The van der Waals surface area contributed by atoms with E-state index in [0.717, 1.165) is 0 Å². The zero-order valence-corrected chi connectivity index (χ0v) is 11.1. The SMILES string of the molecule is C[C@@H](N)C(=O)N1CC[C@H](OC(F)(F)F)C[C@@H]1C.Cl. The summed E-state index contributed by atoms with van der Waals surface area (Å²) in [5.74, 6) is -0.233. The molecule has 0 saturated carbocycles. The topological polar surface area (TPSA) is 55.6 Å². The number of amides is 1. The largest absolute Gasteiger partial charge is 0.522 e. The monoisotopic (exact) mass is 290 g/mol. The minimum atomic E-state index is -4.61. The van der Waals surface area contributed by atoms with E-state index in [9.17, 15) is 18.0 Å². The van der Waals surface area contributed by atoms with E-state index >= 15 is 0 Å². The molecule has 1 amide bonds. The van der Waals surface area contributed by atoms with Gasteiger partial charge in [-0.1, -0.05) is 0 Å². The van der Waals surface area contributed by atoms with Crippen LogP contribution in [-0.2, 0) is 9.53 Å². The van der Waals surface area contributed by atoms with Crippen LogP contribution >= 0.6 is 12.4 Å². The van der Waals surface area contributed by atoms with Crippen LogP contribution < -0.4 is 5.73 Å². The van der Waals surface area contributed by atoms with Crippen LogP contribution in [0.3, 0.4) is 0 Å². The summed E-state index contributed by atoms with van der Waals surface area (Å²) in [5, 5.41) is 0. The molecule has 1 rings (SSSR count). The Bertz CT molecular complexity index is 287. The fraction of sp³-hybridized carbons (Fsp3) is 0.900. The van der Waals surface area contributed by atoms with E-state index in [-0.39, 0.29) is 43.7 Å². The van der Waals surface area contributed by atoms with Gasteiger partial charge in [0.05, 0.1) is 12.1 Å². The Morgan fingerprint density at radius 3 is 2.44 bits per heavy atom. The van der Waals surface area contributed by atoms with E-state index in [1.807, 2.05) is 0 Å². The van der Waals surface area contributed by atoms with Gasteiger partial charge in [-0.2, -0.15) is 0 Å². The normalized spacial score (nSPS) is 26.4. The molecule has 0 spiro atoms. The average molecular weight is 291 g/mol. The molecular formula is C10H18ClF3N2O2. The molecule has 1 saturated heterocycles. The Morgan fingerprint density at radius 2 is 2.06 bits per heavy atom. The summed E-state index contributed by atoms with van der Waals surface area (Å²) >= 11 is 0. The standard InChI is InChI=1S/C10H17F3N2O2.ClH/c1-6-5-8(17-10(11,12)13)3-4-15(6)9(16)7(2)14;/h6-8H,3-5,14H2,1-2H3;1H/t6-,7+,8-;/m0./s1. The number of nitrogens with two attached hydrogens (primary N) is 1. The average Bonchev–Trinajstić information content (AvgIpc) is 2.14. The highest BCUT2D eigenvalue weighted by molar-refractivity contribution is 5.85. The van der Waals surface area contributed by atoms with Crippen molar-refractivity contribution in [3.63, 3.8) is 0 Å². The number of hydrogen-bond acceptors (Lipinski definition) is 3. The molecule has 0 bridgehead atoms. The predicted molar refractivity (Wildman–Crippen MR) is 62.2 cm³/mol. The summed E-state index contributed by atoms with van der Waals surface area (Å²) in [6, 6.07) is -0.910. The van der Waals surface area contributed by atoms with Gasteiger partial charge in [0.25, 0.3) is 0 Å². The lowest BCUT2D eigenvalue weighted by Crippen LogP contribution is -2.52. The predicted octanol–water partition coefficient (Wildman–Crippen LogP) is 1.67. The first kappa shape index (κ1) is 17.5. The fourth-order valence-electron chi connectivity index (χ4n) is 2.01. The Morgan fingerprint density at radius 1 is 1.50 bits per heavy atom. The lowest BCUT2D eigenvalue weighted by molar-refractivity contribution is -0.346. The van der Waals surface area contributed by atoms with Crippen LogP contribution in [0.1, 0.15) is 26.7 Å². The Hall–Kier alpha value is -0.530. The molecule has 18 heavy (non-hydrogen) atoms. The van der Waals surface area contributed by atoms with Crippen LogP contribution in [0, 0.1) is 0 Å². The molecule has 1 aliphatic rings. The molecule has 3 atom stereocenters. The molecule has 0 radical (unpaired) electrons. The van der Waals surface area contributed by atoms with Crippen molar-refractivity contribution in [2.24, 2.45) is 5.73 Å². The summed E-state index contributed by atoms with van der Waals surface area (Å²) in [4.78, 5) is 13.2. The molecule has 0 aliphatic carbocycles. The second-order valence-corrected chi connectivity index (χ2v) is 4.38. The number of carbonyl (C=O) groups excluding carboxylic acids is 1. The van der Waals surface area contributed by atoms with Crippen LogP contribution in [0.5, 0.6) is 0 Å². The van der Waals surface area contributed by atoms with Gasteiger partial charge in [0.2, 0.25) is 5.91 Å². The number of likely N-dealkylation sites (tertiary alicyclic amines) is 1. The Labute approximate surface area is 110 Å². The van der Waals surface area contributed by atoms with Crippen LogP contribution in [0.15, 0.2) is 0 Å². The lowest BCUT2D eigenvalue weighted by Gasteiger charge is -2.38. The highest BCUT2D eigenvalue weighted by Gasteiger charge is 2.38. The van der Waals surface area contributed by atoms with Crippen molar-refractivity contribution in [2.45, 2.75) is 51.2 Å². The third-order valence-electron chi connectivity index (χ3n) is 2.80. The van der Waals surface area contributed by atoms with E-state index in [2.05, 4.69) is 4.74 Å². The molecule has 1 heterocycles. The van der Waals surface area contributed by atoms with E-state index in [1.54, 1.807) is 13.8 Å². The fourth-order valence-corrected chi connectivity index (χ4v) is 2.01. The van der Waals surface area contributed by atoms with Crippen molar-refractivity contribution in [1.82, 2.24) is 4.90 Å². The summed E-state index contributed by atoms with van der Waals surface area (Å²) in [5.41, 5.74) is 5.46. The molecular weight excluding hydrogens is 273 g/mol. The molecule has 1 fully saturated rings. The first-order valence-electron chi connectivity index (χ1n) is 5.51. The minimum absolute atomic E-state index is 0. The zero-order chi connectivity index (χ0) is 13.2. The van der Waals surface area contributed by atoms with Gasteiger partial charge in [-0.05, 0) is 26.7 Å². The number of ether oxygens (including phenoxy) is 1. The minimum Gasteiger partial charge on any atom is -0.338 e. The van der Waals surface area contributed by atoms with Gasteiger partial charge in [0, 0.05) is 12.6 Å². The second-order valence-electron chi connectivity index (χ2n) is 4.38. The summed E-state index contributed by atoms with van der Waals surface area (Å²) in [6.45, 7) is 3.52. The third-order valence-corrected chi connectivity index (χ3v) is 2.80. The Kier molecular flexibility index (Phi) is 6.39. The van der Waals surface area contributed by atoms with Gasteiger partial charge >= 0.3 is 6.36 Å². The quantitative estimate of drug-likeness (QED) is 0.842. The summed E-state index contributed by atoms with van der Waals surface area (Å²) in [7, 11) is 0. The maximum absolute atomic E-state index is 12.0. The molecule has 0 unspecified atom stereocenters. The number of carbonyl (C=O) groups is 1. The molecule has 1 aliphatic heterocycles. The first-order valence-corrected chi connectivity index (χ1v) is 5.51. The molecule has 2 N–H and O–H groups in total. The van der Waals surface area contributed by atoms with E-state index in [0.29, 0.717) is 0 Å². The maximum Gasteiger partial charge on any atom is 0.522 e. The van der Waals surface area contributed by atoms with Gasteiger partial charge in [-0.3, -0.25) is 9.53 Å². The van der Waals surface area contributed by atoms with Gasteiger partial charge in [-0.15, -0.1) is 25.6 Å². The molecule has 0 aromatic rings. The van der Waals surface area contributed by atoms with Gasteiger partial charge in [-0.25, -0.2) is 0 Å². The molecule has 0 aromatic carbocycles. The number of rotatable bonds is 2. The number of piperidine rings is 1. The number of hydrogen-bond donors (Lipinski definition) is 1. The molecule has 108 valence electrons. The van der Waals surface area contributed by atoms with Gasteiger partial charge in [0.15, 0.2) is 0 Å². The zero-order valence-electron chi connectivity index (χ0n) is 10.2. The van der Waals surface area contributed by atoms with Crippen molar-refractivity contribution in [3.05, 3.63) is 0 Å². The highest BCUT2D eigenvalue weighted by atomic mass is 35.5. The van der Waals surface area contributed by atoms with Gasteiger partial charge in [0.1, 0.15) is 0 Å². The molecule has 0 aromatic heterocycles. The van der Waals surface area contributed by atoms with Crippen molar-refractivity contribution in [1.29, 1.82) is 0 Å². The molecule has 4 nitrogen and oxygen atoms in total. The number of alkyl halides is 3. The van der Waals surface area contributed by atoms with E-state index in [1.165, 1.54) is 4.90 Å². The van der Waals surface area contributed by atoms with Crippen molar-refractivity contribution in [2.75, 3.05) is 6.54 Å². The lowest BCUT2D eigenvalue weighted by atomic mass is 10.00. The second kappa shape index (κ2) is 6.58. The van der Waals surface area contributed by atoms with Crippen LogP contribution in [0.4, 0.5) is 13.2 Å².